The molecule has 1 aromatic heterocycles. The molecule has 1 fully saturated rings. The first-order chi connectivity index (χ1) is 17.5. The molecule has 1 saturated heterocycles. The first-order valence-corrected chi connectivity index (χ1v) is 11.6. The van der Waals surface area contributed by atoms with Crippen LogP contribution in [0.3, 0.4) is 0 Å². The molecule has 4 rings (SSSR count). The maximum atomic E-state index is 13.1. The summed E-state index contributed by atoms with van der Waals surface area (Å²) in [7, 11) is 4.79. The van der Waals surface area contributed by atoms with Gasteiger partial charge in [-0.3, -0.25) is 9.69 Å². The number of carbonyl (C=O) groups excluding carboxylic acids is 1. The Kier molecular flexibility index (Phi) is 8.40. The molecule has 0 unspecified atom stereocenters. The second-order valence-corrected chi connectivity index (χ2v) is 8.33. The zero-order valence-electron chi connectivity index (χ0n) is 20.7. The minimum atomic E-state index is -0.318. The molecular formula is C26H30FN3O6. The highest BCUT2D eigenvalue weighted by Crippen LogP contribution is 2.40. The Morgan fingerprint density at radius 2 is 1.69 bits per heavy atom. The molecule has 1 aliphatic heterocycles. The van der Waals surface area contributed by atoms with Crippen LogP contribution in [0, 0.1) is 5.82 Å². The van der Waals surface area contributed by atoms with Gasteiger partial charge in [0.25, 0.3) is 0 Å². The Labute approximate surface area is 209 Å². The van der Waals surface area contributed by atoms with Gasteiger partial charge in [-0.15, -0.1) is 0 Å². The van der Waals surface area contributed by atoms with Crippen LogP contribution in [0.25, 0.3) is 11.3 Å². The number of hydrogen-bond acceptors (Lipinski definition) is 8. The fourth-order valence-corrected chi connectivity index (χ4v) is 4.15. The summed E-state index contributed by atoms with van der Waals surface area (Å²) in [4.78, 5) is 16.7. The molecule has 2 heterocycles. The van der Waals surface area contributed by atoms with Crippen molar-refractivity contribution in [1.82, 2.24) is 15.0 Å². The molecular weight excluding hydrogens is 469 g/mol. The summed E-state index contributed by atoms with van der Waals surface area (Å²) in [6, 6.07) is 11.5. The average molecular weight is 500 g/mol. The number of piperazine rings is 1. The summed E-state index contributed by atoms with van der Waals surface area (Å²) in [5, 5.41) is 3.96. The van der Waals surface area contributed by atoms with Crippen molar-refractivity contribution in [3.63, 3.8) is 0 Å². The quantitative estimate of drug-likeness (QED) is 0.420. The number of methoxy groups -OCH3 is 3. The summed E-state index contributed by atoms with van der Waals surface area (Å²) >= 11 is 0. The number of rotatable bonds is 10. The third-order valence-electron chi connectivity index (χ3n) is 6.07. The minimum Gasteiger partial charge on any atom is -0.493 e. The van der Waals surface area contributed by atoms with Crippen LogP contribution in [-0.4, -0.2) is 75.0 Å². The lowest BCUT2D eigenvalue weighted by molar-refractivity contribution is -0.138. The van der Waals surface area contributed by atoms with E-state index in [1.165, 1.54) is 12.1 Å². The zero-order chi connectivity index (χ0) is 25.5. The molecule has 36 heavy (non-hydrogen) atoms. The number of carbonyl (C=O) groups is 1. The second kappa shape index (κ2) is 11.9. The highest BCUT2D eigenvalue weighted by molar-refractivity contribution is 5.77. The van der Waals surface area contributed by atoms with Crippen LogP contribution in [-0.2, 0) is 22.7 Å². The van der Waals surface area contributed by atoms with Gasteiger partial charge in [-0.1, -0.05) is 11.2 Å². The van der Waals surface area contributed by atoms with E-state index in [1.807, 2.05) is 12.1 Å². The van der Waals surface area contributed by atoms with Crippen molar-refractivity contribution in [1.29, 1.82) is 0 Å². The second-order valence-electron chi connectivity index (χ2n) is 8.33. The molecule has 1 aliphatic rings. The summed E-state index contributed by atoms with van der Waals surface area (Å²) in [6.45, 7) is 3.45. The lowest BCUT2D eigenvalue weighted by Gasteiger charge is -2.35. The van der Waals surface area contributed by atoms with Crippen LogP contribution >= 0.6 is 0 Å². The van der Waals surface area contributed by atoms with Gasteiger partial charge in [-0.05, 0) is 30.3 Å². The lowest BCUT2D eigenvalue weighted by Crippen LogP contribution is -2.49. The Hall–Kier alpha value is -3.63. The summed E-state index contributed by atoms with van der Waals surface area (Å²) in [5.74, 6) is 1.97. The average Bonchev–Trinajstić information content (AvgIpc) is 3.38. The van der Waals surface area contributed by atoms with Gasteiger partial charge >= 0.3 is 0 Å². The number of nitrogens with zero attached hydrogens (tertiary/aromatic N) is 3. The molecule has 10 heteroatoms. The van der Waals surface area contributed by atoms with Crippen molar-refractivity contribution in [2.24, 2.45) is 0 Å². The molecule has 0 saturated carbocycles. The smallest absolute Gasteiger partial charge is 0.248 e. The van der Waals surface area contributed by atoms with Crippen molar-refractivity contribution in [3.05, 3.63) is 59.5 Å². The predicted octanol–water partition coefficient (Wildman–Crippen LogP) is 3.37. The van der Waals surface area contributed by atoms with E-state index in [9.17, 15) is 9.18 Å². The van der Waals surface area contributed by atoms with Crippen molar-refractivity contribution in [2.45, 2.75) is 13.2 Å². The van der Waals surface area contributed by atoms with E-state index in [0.717, 1.165) is 24.2 Å². The first-order valence-electron chi connectivity index (χ1n) is 11.6. The van der Waals surface area contributed by atoms with Crippen LogP contribution in [0.1, 0.15) is 11.3 Å². The third kappa shape index (κ3) is 5.95. The number of benzene rings is 2. The highest BCUT2D eigenvalue weighted by atomic mass is 19.1. The third-order valence-corrected chi connectivity index (χ3v) is 6.07. The van der Waals surface area contributed by atoms with Crippen LogP contribution in [0.5, 0.6) is 17.2 Å². The Bertz CT molecular complexity index is 1160. The van der Waals surface area contributed by atoms with E-state index in [0.29, 0.717) is 48.3 Å². The van der Waals surface area contributed by atoms with Crippen molar-refractivity contribution in [3.8, 4) is 28.6 Å². The number of amides is 1. The van der Waals surface area contributed by atoms with Gasteiger partial charge in [0.05, 0.1) is 27.9 Å². The largest absolute Gasteiger partial charge is 0.493 e. The van der Waals surface area contributed by atoms with Crippen LogP contribution in [0.4, 0.5) is 4.39 Å². The van der Waals surface area contributed by atoms with Crippen molar-refractivity contribution < 1.29 is 32.7 Å². The fourth-order valence-electron chi connectivity index (χ4n) is 4.15. The molecule has 0 aliphatic carbocycles. The van der Waals surface area contributed by atoms with Gasteiger partial charge in [0.2, 0.25) is 11.7 Å². The molecule has 0 spiro atoms. The van der Waals surface area contributed by atoms with E-state index in [-0.39, 0.29) is 24.9 Å². The van der Waals surface area contributed by atoms with Gasteiger partial charge in [0.1, 0.15) is 18.1 Å². The van der Waals surface area contributed by atoms with Crippen LogP contribution in [0.15, 0.2) is 47.0 Å². The SMILES string of the molecule is COc1ccc(CN2CCN(C(=O)COCc3cc(-c4ccc(F)cc4)on3)CC2)c(OC)c1OC. The number of hydrogen-bond donors (Lipinski definition) is 0. The molecule has 0 bridgehead atoms. The Balaban J connectivity index is 1.23. The minimum absolute atomic E-state index is 0.0394. The summed E-state index contributed by atoms with van der Waals surface area (Å²) in [6.07, 6.45) is 0. The zero-order valence-corrected chi connectivity index (χ0v) is 20.7. The standard InChI is InChI=1S/C26H30FN3O6/c1-32-22-9-6-19(25(33-2)26(22)34-3)15-29-10-12-30(13-11-29)24(31)17-35-16-21-14-23(36-28-21)18-4-7-20(27)8-5-18/h4-9,14H,10-13,15-17H2,1-3H3. The van der Waals surface area contributed by atoms with E-state index in [4.69, 9.17) is 23.5 Å². The maximum absolute atomic E-state index is 13.1. The summed E-state index contributed by atoms with van der Waals surface area (Å²) in [5.41, 5.74) is 2.27. The van der Waals surface area contributed by atoms with Gasteiger partial charge in [0.15, 0.2) is 17.3 Å². The Morgan fingerprint density at radius 3 is 2.36 bits per heavy atom. The van der Waals surface area contributed by atoms with Crippen LogP contribution < -0.4 is 14.2 Å². The van der Waals surface area contributed by atoms with E-state index in [2.05, 4.69) is 10.1 Å². The molecule has 1 amide bonds. The van der Waals surface area contributed by atoms with Gasteiger partial charge in [-0.25, -0.2) is 4.39 Å². The van der Waals surface area contributed by atoms with Gasteiger partial charge < -0.3 is 28.4 Å². The molecule has 9 nitrogen and oxygen atoms in total. The summed E-state index contributed by atoms with van der Waals surface area (Å²) < 4.78 is 40.4. The number of halogens is 1. The monoisotopic (exact) mass is 499 g/mol. The number of aromatic nitrogens is 1. The predicted molar refractivity (Wildman–Crippen MR) is 130 cm³/mol. The molecule has 0 radical (unpaired) electrons. The molecule has 0 atom stereocenters. The topological polar surface area (TPSA) is 86.5 Å². The van der Waals surface area contributed by atoms with Gasteiger partial charge in [-0.2, -0.15) is 0 Å². The molecule has 2 aromatic carbocycles. The van der Waals surface area contributed by atoms with Crippen molar-refractivity contribution >= 4 is 5.91 Å². The van der Waals surface area contributed by atoms with Crippen molar-refractivity contribution in [2.75, 3.05) is 54.1 Å². The molecule has 3 aromatic rings. The number of ether oxygens (including phenoxy) is 4. The molecule has 192 valence electrons. The Morgan fingerprint density at radius 1 is 0.972 bits per heavy atom. The van der Waals surface area contributed by atoms with Crippen LogP contribution in [0.2, 0.25) is 0 Å². The first kappa shape index (κ1) is 25.5. The highest BCUT2D eigenvalue weighted by Gasteiger charge is 2.23. The van der Waals surface area contributed by atoms with E-state index >= 15 is 0 Å². The van der Waals surface area contributed by atoms with E-state index < -0.39 is 0 Å². The molecule has 0 N–H and O–H groups in total. The normalized spacial score (nSPS) is 14.1. The maximum Gasteiger partial charge on any atom is 0.248 e. The van der Waals surface area contributed by atoms with E-state index in [1.54, 1.807) is 44.4 Å². The fraction of sp³-hybridized carbons (Fsp3) is 0.385. The lowest BCUT2D eigenvalue weighted by atomic mass is 10.1. The van der Waals surface area contributed by atoms with Gasteiger partial charge in [0, 0.05) is 49.9 Å².